The molecule has 1 saturated heterocycles. The predicted molar refractivity (Wildman–Crippen MR) is 256 cm³/mol. The molecule has 64 heavy (non-hydrogen) atoms. The van der Waals surface area contributed by atoms with Gasteiger partial charge in [0.15, 0.2) is 12.4 Å². The summed E-state index contributed by atoms with van der Waals surface area (Å²) < 4.78 is 54.2. The summed E-state index contributed by atoms with van der Waals surface area (Å²) >= 11 is 0. The zero-order valence-electron chi connectivity index (χ0n) is 40.1. The van der Waals surface area contributed by atoms with E-state index in [1.165, 1.54) is 122 Å². The summed E-state index contributed by atoms with van der Waals surface area (Å²) in [5.41, 5.74) is 0. The molecule has 0 bridgehead atoms. The Morgan fingerprint density at radius 3 is 1.42 bits per heavy atom. The van der Waals surface area contributed by atoms with Crippen molar-refractivity contribution in [2.75, 3.05) is 19.0 Å². The smallest absolute Gasteiger partial charge is 0.306 e. The minimum Gasteiger partial charge on any atom is -0.462 e. The number of carbonyl (C=O) groups is 2. The predicted octanol–water partition coefficient (Wildman–Crippen LogP) is 11.3. The van der Waals surface area contributed by atoms with Gasteiger partial charge in [-0.15, -0.1) is 0 Å². The third-order valence-corrected chi connectivity index (χ3v) is 12.4. The van der Waals surface area contributed by atoms with Crippen molar-refractivity contribution in [3.8, 4) is 0 Å². The molecule has 0 spiro atoms. The van der Waals surface area contributed by atoms with Gasteiger partial charge in [-0.1, -0.05) is 172 Å². The van der Waals surface area contributed by atoms with Crippen LogP contribution in [0.3, 0.4) is 0 Å². The fourth-order valence-electron chi connectivity index (χ4n) is 7.70. The van der Waals surface area contributed by atoms with Crippen molar-refractivity contribution in [2.24, 2.45) is 0 Å². The van der Waals surface area contributed by atoms with E-state index in [1.54, 1.807) is 0 Å². The maximum atomic E-state index is 12.9. The van der Waals surface area contributed by atoms with Gasteiger partial charge in [0, 0.05) is 12.8 Å². The molecule has 0 aromatic carbocycles. The summed E-state index contributed by atoms with van der Waals surface area (Å²) in [7, 11) is -4.61. The zero-order valence-corrected chi connectivity index (χ0v) is 41.0. The monoisotopic (exact) mass is 929 g/mol. The second-order valence-electron chi connectivity index (χ2n) is 17.8. The van der Waals surface area contributed by atoms with E-state index in [-0.39, 0.29) is 19.4 Å². The Morgan fingerprint density at radius 2 is 0.938 bits per heavy atom. The van der Waals surface area contributed by atoms with Crippen LogP contribution in [-0.4, -0.2) is 96.0 Å². The molecular weight excluding hydrogens is 837 g/mol. The molecule has 1 aliphatic heterocycles. The lowest BCUT2D eigenvalue weighted by molar-refractivity contribution is -0.297. The first-order valence-electron chi connectivity index (χ1n) is 25.5. The Hall–Kier alpha value is -2.13. The van der Waals surface area contributed by atoms with Gasteiger partial charge in [-0.05, 0) is 70.6 Å². The highest BCUT2D eigenvalue weighted by Gasteiger charge is 2.46. The second-order valence-corrected chi connectivity index (χ2v) is 19.3. The van der Waals surface area contributed by atoms with Crippen LogP contribution >= 0.6 is 0 Å². The fourth-order valence-corrected chi connectivity index (χ4v) is 8.39. The molecule has 374 valence electrons. The second kappa shape index (κ2) is 41.1. The molecule has 1 heterocycles. The van der Waals surface area contributed by atoms with Crippen molar-refractivity contribution in [3.05, 3.63) is 36.5 Å². The average Bonchev–Trinajstić information content (AvgIpc) is 3.26. The largest absolute Gasteiger partial charge is 0.462 e. The number of allylic oxidation sites excluding steroid dienone is 6. The van der Waals surface area contributed by atoms with Gasteiger partial charge in [-0.2, -0.15) is 8.42 Å². The Balaban J connectivity index is 2.38. The number of aliphatic hydroxyl groups is 3. The number of esters is 2. The highest BCUT2D eigenvalue weighted by atomic mass is 32.2. The summed E-state index contributed by atoms with van der Waals surface area (Å²) in [5.74, 6) is -1.99. The normalized spacial score (nSPS) is 19.9. The van der Waals surface area contributed by atoms with Gasteiger partial charge in [0.2, 0.25) is 0 Å². The molecule has 0 radical (unpaired) electrons. The van der Waals surface area contributed by atoms with Crippen LogP contribution in [0.5, 0.6) is 0 Å². The van der Waals surface area contributed by atoms with Crippen LogP contribution in [0.1, 0.15) is 219 Å². The lowest BCUT2D eigenvalue weighted by atomic mass is 10.00. The van der Waals surface area contributed by atoms with Gasteiger partial charge in [0.05, 0.1) is 6.61 Å². The van der Waals surface area contributed by atoms with E-state index in [1.807, 2.05) is 0 Å². The molecule has 1 aliphatic rings. The maximum absolute atomic E-state index is 12.9. The van der Waals surface area contributed by atoms with Gasteiger partial charge in [-0.25, -0.2) is 0 Å². The highest BCUT2D eigenvalue weighted by molar-refractivity contribution is 7.85. The molecule has 0 aliphatic carbocycles. The van der Waals surface area contributed by atoms with E-state index in [0.717, 1.165) is 57.8 Å². The third-order valence-electron chi connectivity index (χ3n) is 11.7. The Morgan fingerprint density at radius 1 is 0.531 bits per heavy atom. The Labute approximate surface area is 389 Å². The Kier molecular flexibility index (Phi) is 38.4. The standard InChI is InChI=1S/C51H92O12S/c1-3-5-7-9-11-13-15-17-19-21-22-24-25-27-29-31-33-35-37-39-46(52)60-41-44(42-61-51-50(56)49(55)48(54)45(63-51)43-64(57,58)59)62-47(53)40-38-36-34-32-30-28-26-23-20-18-16-14-12-10-8-6-4-2/h12,14,17-20,44-45,48-51,54-56H,3-11,13,15-16,21-43H2,1-2H3,(H,57,58,59)/b14-12+,19-17+,20-18+/t44-,45-,48-,49?,50?,51+/m1/s1. The van der Waals surface area contributed by atoms with Crippen LogP contribution in [0.4, 0.5) is 0 Å². The molecule has 2 unspecified atom stereocenters. The van der Waals surface area contributed by atoms with Crippen molar-refractivity contribution >= 4 is 22.1 Å². The number of unbranched alkanes of at least 4 members (excludes halogenated alkanes) is 25. The molecule has 1 fully saturated rings. The maximum Gasteiger partial charge on any atom is 0.306 e. The van der Waals surface area contributed by atoms with E-state index in [0.29, 0.717) is 12.8 Å². The number of ether oxygens (including phenoxy) is 4. The fraction of sp³-hybridized carbons (Fsp3) is 0.843. The van der Waals surface area contributed by atoms with E-state index in [4.69, 9.17) is 18.9 Å². The minimum atomic E-state index is -4.61. The van der Waals surface area contributed by atoms with Crippen LogP contribution in [0.2, 0.25) is 0 Å². The lowest BCUT2D eigenvalue weighted by Gasteiger charge is -2.40. The van der Waals surface area contributed by atoms with E-state index < -0.39 is 71.2 Å². The molecule has 12 nitrogen and oxygen atoms in total. The molecule has 4 N–H and O–H groups in total. The van der Waals surface area contributed by atoms with Gasteiger partial charge in [0.1, 0.15) is 36.8 Å². The van der Waals surface area contributed by atoms with Crippen LogP contribution in [-0.2, 0) is 38.7 Å². The third kappa shape index (κ3) is 35.1. The molecule has 1 rings (SSSR count). The van der Waals surface area contributed by atoms with Crippen molar-refractivity contribution in [1.29, 1.82) is 0 Å². The van der Waals surface area contributed by atoms with Crippen LogP contribution in [0, 0.1) is 0 Å². The summed E-state index contributed by atoms with van der Waals surface area (Å²) in [4.78, 5) is 25.5. The van der Waals surface area contributed by atoms with Crippen molar-refractivity contribution in [2.45, 2.75) is 256 Å². The van der Waals surface area contributed by atoms with E-state index in [9.17, 15) is 37.9 Å². The first kappa shape index (κ1) is 59.9. The molecule has 0 aromatic rings. The summed E-state index contributed by atoms with van der Waals surface area (Å²) in [5, 5.41) is 31.0. The molecule has 13 heteroatoms. The molecule has 0 aromatic heterocycles. The first-order chi connectivity index (χ1) is 31.0. The van der Waals surface area contributed by atoms with Gasteiger partial charge in [0.25, 0.3) is 10.1 Å². The van der Waals surface area contributed by atoms with Crippen LogP contribution in [0.25, 0.3) is 0 Å². The average molecular weight is 929 g/mol. The lowest BCUT2D eigenvalue weighted by Crippen LogP contribution is -2.60. The Bertz CT molecular complexity index is 1320. The van der Waals surface area contributed by atoms with Crippen molar-refractivity contribution in [3.63, 3.8) is 0 Å². The van der Waals surface area contributed by atoms with Crippen LogP contribution in [0.15, 0.2) is 36.5 Å². The summed E-state index contributed by atoms with van der Waals surface area (Å²) in [6.07, 6.45) is 38.9. The van der Waals surface area contributed by atoms with Gasteiger partial charge >= 0.3 is 11.9 Å². The quantitative estimate of drug-likeness (QED) is 0.0196. The minimum absolute atomic E-state index is 0.156. The summed E-state index contributed by atoms with van der Waals surface area (Å²) in [6.45, 7) is 3.75. The van der Waals surface area contributed by atoms with Gasteiger partial charge in [-0.3, -0.25) is 14.1 Å². The van der Waals surface area contributed by atoms with E-state index >= 15 is 0 Å². The van der Waals surface area contributed by atoms with Gasteiger partial charge < -0.3 is 34.3 Å². The van der Waals surface area contributed by atoms with Crippen molar-refractivity contribution < 1.29 is 56.8 Å². The number of hydrogen-bond acceptors (Lipinski definition) is 11. The topological polar surface area (TPSA) is 186 Å². The van der Waals surface area contributed by atoms with Crippen molar-refractivity contribution in [1.82, 2.24) is 0 Å². The molecule has 6 atom stereocenters. The molecule has 0 amide bonds. The SMILES string of the molecule is CCCCC/C=C/C/C=C/CCCCCCCCCC(=O)O[C@H](COC(=O)CCCCCCCCCCC/C=C/CCCCCCCC)CO[C@H]1O[C@H](CS(=O)(=O)O)[C@@H](O)C(O)C1O. The number of carbonyl (C=O) groups excluding carboxylic acids is 2. The highest BCUT2D eigenvalue weighted by Crippen LogP contribution is 2.24. The number of hydrogen-bond donors (Lipinski definition) is 4. The number of rotatable bonds is 43. The first-order valence-corrected chi connectivity index (χ1v) is 27.2. The van der Waals surface area contributed by atoms with E-state index in [2.05, 4.69) is 50.3 Å². The zero-order chi connectivity index (χ0) is 46.9. The number of aliphatic hydroxyl groups excluding tert-OH is 3. The summed E-state index contributed by atoms with van der Waals surface area (Å²) in [6, 6.07) is 0. The van der Waals surface area contributed by atoms with Crippen LogP contribution < -0.4 is 0 Å². The molecule has 0 saturated carbocycles. The molecular formula is C51H92O12S.